The summed E-state index contributed by atoms with van der Waals surface area (Å²) in [4.78, 5) is 19.1. The van der Waals surface area contributed by atoms with Crippen molar-refractivity contribution in [3.8, 4) is 0 Å². The lowest BCUT2D eigenvalue weighted by Gasteiger charge is -2.42. The number of rotatable bonds is 7. The summed E-state index contributed by atoms with van der Waals surface area (Å²) < 4.78 is 6.25. The van der Waals surface area contributed by atoms with Crippen LogP contribution in [0.4, 0.5) is 5.69 Å². The van der Waals surface area contributed by atoms with Gasteiger partial charge in [-0.05, 0) is 22.8 Å². The maximum Gasteiger partial charge on any atom is 0.303 e. The molecule has 0 fully saturated rings. The van der Waals surface area contributed by atoms with Crippen molar-refractivity contribution in [2.45, 2.75) is 18.4 Å². The van der Waals surface area contributed by atoms with E-state index in [9.17, 15) is 4.79 Å². The molecule has 0 aliphatic carbocycles. The van der Waals surface area contributed by atoms with Crippen LogP contribution in [0.3, 0.4) is 0 Å². The van der Waals surface area contributed by atoms with Crippen molar-refractivity contribution in [1.29, 1.82) is 0 Å². The average molecular weight is 437 g/mol. The number of aromatic nitrogens is 1. The zero-order valence-electron chi connectivity index (χ0n) is 19.2. The van der Waals surface area contributed by atoms with E-state index in [4.69, 9.17) is 4.74 Å². The van der Waals surface area contributed by atoms with Crippen LogP contribution in [0.25, 0.3) is 0 Å². The maximum atomic E-state index is 12.6. The third-order valence-corrected chi connectivity index (χ3v) is 5.96. The van der Waals surface area contributed by atoms with Gasteiger partial charge in [-0.1, -0.05) is 91.0 Å². The number of nitrogens with zero attached hydrogens (tertiary/aromatic N) is 2. The molecular formula is C29H28N2O2. The maximum absolute atomic E-state index is 12.6. The Bertz CT molecular complexity index is 1100. The number of pyridine rings is 1. The molecule has 3 aromatic carbocycles. The van der Waals surface area contributed by atoms with Crippen molar-refractivity contribution in [2.75, 3.05) is 19.0 Å². The van der Waals surface area contributed by atoms with Crippen molar-refractivity contribution >= 4 is 11.7 Å². The minimum Gasteiger partial charge on any atom is -0.456 e. The molecule has 4 heteroatoms. The van der Waals surface area contributed by atoms with Crippen LogP contribution in [0.15, 0.2) is 109 Å². The molecule has 0 amide bonds. The van der Waals surface area contributed by atoms with Crippen LogP contribution in [0.5, 0.6) is 0 Å². The normalized spacial score (nSPS) is 12.1. The second-order valence-electron chi connectivity index (χ2n) is 8.22. The molecule has 0 aliphatic rings. The van der Waals surface area contributed by atoms with E-state index in [0.29, 0.717) is 0 Å². The van der Waals surface area contributed by atoms with Crippen molar-refractivity contribution in [3.63, 3.8) is 0 Å². The van der Waals surface area contributed by atoms with Crippen LogP contribution in [0.1, 0.15) is 35.3 Å². The first-order valence-electron chi connectivity index (χ1n) is 11.0. The standard InChI is InChI=1S/C29H28N2O2/c1-22(32)33-28(26-21-30-20-19-27(26)31(2)3)29(23-13-7-4-8-14-23,24-15-9-5-10-16-24)25-17-11-6-12-18-25/h4-21,28H,1-3H3/t28-/m0/s1. The molecule has 4 rings (SSSR count). The van der Waals surface area contributed by atoms with Gasteiger partial charge in [-0.3, -0.25) is 9.78 Å². The fourth-order valence-corrected chi connectivity index (χ4v) is 4.62. The predicted octanol–water partition coefficient (Wildman–Crippen LogP) is 5.79. The second-order valence-corrected chi connectivity index (χ2v) is 8.22. The van der Waals surface area contributed by atoms with E-state index in [1.54, 1.807) is 6.20 Å². The topological polar surface area (TPSA) is 42.4 Å². The van der Waals surface area contributed by atoms with Gasteiger partial charge in [0.2, 0.25) is 0 Å². The Hall–Kier alpha value is -3.92. The number of carbonyl (C=O) groups is 1. The zero-order valence-corrected chi connectivity index (χ0v) is 19.2. The van der Waals surface area contributed by atoms with E-state index < -0.39 is 11.5 Å². The molecule has 1 heterocycles. The first-order valence-corrected chi connectivity index (χ1v) is 11.0. The lowest BCUT2D eigenvalue weighted by atomic mass is 9.64. The first kappa shape index (κ1) is 22.3. The van der Waals surface area contributed by atoms with Gasteiger partial charge in [0.1, 0.15) is 6.10 Å². The SMILES string of the molecule is CC(=O)O[C@@H](c1cnccc1N(C)C)C(c1ccccc1)(c1ccccc1)c1ccccc1. The second kappa shape index (κ2) is 9.70. The fourth-order valence-electron chi connectivity index (χ4n) is 4.62. The molecule has 0 unspecified atom stereocenters. The van der Waals surface area contributed by atoms with Crippen LogP contribution in [0.2, 0.25) is 0 Å². The van der Waals surface area contributed by atoms with Gasteiger partial charge in [-0.25, -0.2) is 0 Å². The lowest BCUT2D eigenvalue weighted by molar-refractivity contribution is -0.149. The van der Waals surface area contributed by atoms with Gasteiger partial charge in [0.05, 0.1) is 5.41 Å². The molecular weight excluding hydrogens is 408 g/mol. The molecule has 0 saturated heterocycles. The number of hydrogen-bond donors (Lipinski definition) is 0. The Morgan fingerprint density at radius 1 is 0.788 bits per heavy atom. The summed E-state index contributed by atoms with van der Waals surface area (Å²) in [5, 5.41) is 0. The molecule has 1 aromatic heterocycles. The number of anilines is 1. The summed E-state index contributed by atoms with van der Waals surface area (Å²) in [7, 11) is 3.97. The van der Waals surface area contributed by atoms with Gasteiger partial charge in [0.15, 0.2) is 0 Å². The molecule has 0 bridgehead atoms. The predicted molar refractivity (Wildman–Crippen MR) is 132 cm³/mol. The third kappa shape index (κ3) is 4.24. The van der Waals surface area contributed by atoms with E-state index in [0.717, 1.165) is 27.9 Å². The summed E-state index contributed by atoms with van der Waals surface area (Å²) in [5.41, 5.74) is 4.08. The smallest absolute Gasteiger partial charge is 0.303 e. The quantitative estimate of drug-likeness (QED) is 0.272. The Balaban J connectivity index is 2.16. The van der Waals surface area contributed by atoms with Crippen molar-refractivity contribution < 1.29 is 9.53 Å². The monoisotopic (exact) mass is 436 g/mol. The van der Waals surface area contributed by atoms with E-state index in [1.165, 1.54) is 6.92 Å². The fraction of sp³-hybridized carbons (Fsp3) is 0.172. The van der Waals surface area contributed by atoms with Crippen molar-refractivity contribution in [3.05, 3.63) is 132 Å². The first-order chi connectivity index (χ1) is 16.0. The van der Waals surface area contributed by atoms with Crippen LogP contribution in [-0.4, -0.2) is 25.0 Å². The van der Waals surface area contributed by atoms with Crippen LogP contribution >= 0.6 is 0 Å². The molecule has 33 heavy (non-hydrogen) atoms. The lowest BCUT2D eigenvalue weighted by Crippen LogP contribution is -2.39. The number of hydrogen-bond acceptors (Lipinski definition) is 4. The van der Waals surface area contributed by atoms with Gasteiger partial charge >= 0.3 is 5.97 Å². The molecule has 0 radical (unpaired) electrons. The van der Waals surface area contributed by atoms with Gasteiger partial charge in [-0.15, -0.1) is 0 Å². The molecule has 0 spiro atoms. The van der Waals surface area contributed by atoms with E-state index in [2.05, 4.69) is 41.4 Å². The van der Waals surface area contributed by atoms with Crippen LogP contribution < -0.4 is 4.90 Å². The zero-order chi connectivity index (χ0) is 23.3. The van der Waals surface area contributed by atoms with Gasteiger partial charge < -0.3 is 9.64 Å². The number of ether oxygens (including phenoxy) is 1. The van der Waals surface area contributed by atoms with Crippen LogP contribution in [-0.2, 0) is 14.9 Å². The number of benzene rings is 3. The van der Waals surface area contributed by atoms with E-state index in [-0.39, 0.29) is 5.97 Å². The van der Waals surface area contributed by atoms with Gasteiger partial charge in [0.25, 0.3) is 0 Å². The number of carbonyl (C=O) groups excluding carboxylic acids is 1. The highest BCUT2D eigenvalue weighted by atomic mass is 16.5. The van der Waals surface area contributed by atoms with E-state index >= 15 is 0 Å². The van der Waals surface area contributed by atoms with Crippen molar-refractivity contribution in [2.24, 2.45) is 0 Å². The third-order valence-electron chi connectivity index (χ3n) is 5.96. The highest BCUT2D eigenvalue weighted by Crippen LogP contribution is 2.51. The Morgan fingerprint density at radius 2 is 1.24 bits per heavy atom. The van der Waals surface area contributed by atoms with Crippen molar-refractivity contribution in [1.82, 2.24) is 4.98 Å². The largest absolute Gasteiger partial charge is 0.456 e. The number of esters is 1. The molecule has 166 valence electrons. The average Bonchev–Trinajstić information content (AvgIpc) is 2.85. The van der Waals surface area contributed by atoms with Gasteiger partial charge in [0, 0.05) is 44.7 Å². The van der Waals surface area contributed by atoms with Crippen LogP contribution in [0, 0.1) is 0 Å². The molecule has 4 aromatic rings. The highest BCUT2D eigenvalue weighted by molar-refractivity contribution is 5.69. The highest BCUT2D eigenvalue weighted by Gasteiger charge is 2.47. The molecule has 4 nitrogen and oxygen atoms in total. The summed E-state index contributed by atoms with van der Waals surface area (Å²) in [6.45, 7) is 1.46. The Labute approximate surface area is 195 Å². The summed E-state index contributed by atoms with van der Waals surface area (Å²) in [6, 6.07) is 32.7. The van der Waals surface area contributed by atoms with E-state index in [1.807, 2.05) is 85.9 Å². The molecule has 1 atom stereocenters. The van der Waals surface area contributed by atoms with Gasteiger partial charge in [-0.2, -0.15) is 0 Å². The summed E-state index contributed by atoms with van der Waals surface area (Å²) in [5.74, 6) is -0.347. The molecule has 0 aliphatic heterocycles. The summed E-state index contributed by atoms with van der Waals surface area (Å²) >= 11 is 0. The summed E-state index contributed by atoms with van der Waals surface area (Å²) in [6.07, 6.45) is 2.92. The Kier molecular flexibility index (Phi) is 6.55. The Morgan fingerprint density at radius 3 is 1.64 bits per heavy atom. The minimum absolute atomic E-state index is 0.347. The molecule has 0 saturated carbocycles. The molecule has 0 N–H and O–H groups in total. The minimum atomic E-state index is -0.802.